The Morgan fingerprint density at radius 1 is 1.40 bits per heavy atom. The van der Waals surface area contributed by atoms with Gasteiger partial charge in [-0.3, -0.25) is 0 Å². The van der Waals surface area contributed by atoms with Crippen LogP contribution in [0.5, 0.6) is 0 Å². The van der Waals surface area contributed by atoms with Gasteiger partial charge in [0.25, 0.3) is 0 Å². The largest absolute Gasteiger partial charge is 0.330 e. The van der Waals surface area contributed by atoms with E-state index < -0.39 is 0 Å². The molecule has 2 nitrogen and oxygen atoms in total. The topological polar surface area (TPSA) is 52.0 Å². The van der Waals surface area contributed by atoms with Crippen molar-refractivity contribution in [1.82, 2.24) is 0 Å². The van der Waals surface area contributed by atoms with Gasteiger partial charge in [0.05, 0.1) is 0 Å². The predicted molar refractivity (Wildman–Crippen MR) is 45.7 cm³/mol. The van der Waals surface area contributed by atoms with Crippen molar-refractivity contribution >= 4 is 0 Å². The van der Waals surface area contributed by atoms with Crippen LogP contribution in [0, 0.1) is 0 Å². The third-order valence-electron chi connectivity index (χ3n) is 1.50. The molecule has 2 heteroatoms. The van der Waals surface area contributed by atoms with E-state index in [4.69, 9.17) is 11.5 Å². The van der Waals surface area contributed by atoms with Crippen LogP contribution in [0.4, 0.5) is 0 Å². The lowest BCUT2D eigenvalue weighted by Gasteiger charge is -2.06. The molecule has 0 bridgehead atoms. The summed E-state index contributed by atoms with van der Waals surface area (Å²) < 4.78 is 0. The highest BCUT2D eigenvalue weighted by molar-refractivity contribution is 4.74. The van der Waals surface area contributed by atoms with E-state index in [-0.39, 0.29) is 0 Å². The first-order valence-electron chi connectivity index (χ1n) is 3.87. The minimum atomic E-state index is 0.295. The molecule has 1 atom stereocenters. The first-order valence-corrected chi connectivity index (χ1v) is 3.87. The summed E-state index contributed by atoms with van der Waals surface area (Å²) in [4.78, 5) is 0. The van der Waals surface area contributed by atoms with Crippen molar-refractivity contribution < 1.29 is 0 Å². The molecule has 0 aliphatic heterocycles. The highest BCUT2D eigenvalue weighted by atomic mass is 14.6. The highest BCUT2D eigenvalue weighted by Gasteiger charge is 1.97. The van der Waals surface area contributed by atoms with Crippen molar-refractivity contribution in [3.05, 3.63) is 12.7 Å². The van der Waals surface area contributed by atoms with Crippen molar-refractivity contribution in [3.8, 4) is 0 Å². The second kappa shape index (κ2) is 6.78. The second-order valence-corrected chi connectivity index (χ2v) is 2.57. The standard InChI is InChI=1S/C8H18N2/c1-2-5-8(10)6-3-4-7-9/h2,8H,1,3-7,9-10H2. The minimum Gasteiger partial charge on any atom is -0.330 e. The zero-order valence-electron chi connectivity index (χ0n) is 6.55. The van der Waals surface area contributed by atoms with E-state index in [0.717, 1.165) is 32.2 Å². The first kappa shape index (κ1) is 9.66. The fraction of sp³-hybridized carbons (Fsp3) is 0.750. The van der Waals surface area contributed by atoms with E-state index in [1.165, 1.54) is 0 Å². The maximum absolute atomic E-state index is 5.71. The van der Waals surface area contributed by atoms with E-state index in [1.54, 1.807) is 0 Å². The summed E-state index contributed by atoms with van der Waals surface area (Å²) in [5.74, 6) is 0. The van der Waals surface area contributed by atoms with Crippen molar-refractivity contribution in [3.63, 3.8) is 0 Å². The molecule has 0 amide bonds. The maximum atomic E-state index is 5.71. The number of nitrogens with two attached hydrogens (primary N) is 2. The van der Waals surface area contributed by atoms with E-state index in [9.17, 15) is 0 Å². The summed E-state index contributed by atoms with van der Waals surface area (Å²) in [6.45, 7) is 4.40. The smallest absolute Gasteiger partial charge is 0.00733 e. The highest BCUT2D eigenvalue weighted by Crippen LogP contribution is 2.01. The van der Waals surface area contributed by atoms with Gasteiger partial charge in [0.2, 0.25) is 0 Å². The first-order chi connectivity index (χ1) is 4.81. The molecule has 0 fully saturated rings. The van der Waals surface area contributed by atoms with Gasteiger partial charge in [-0.1, -0.05) is 12.5 Å². The van der Waals surface area contributed by atoms with Crippen LogP contribution in [-0.4, -0.2) is 12.6 Å². The van der Waals surface area contributed by atoms with Crippen LogP contribution in [0.25, 0.3) is 0 Å². The fourth-order valence-electron chi connectivity index (χ4n) is 0.883. The zero-order valence-corrected chi connectivity index (χ0v) is 6.55. The van der Waals surface area contributed by atoms with Crippen LogP contribution in [0.3, 0.4) is 0 Å². The Balaban J connectivity index is 3.04. The molecule has 0 aromatic rings. The van der Waals surface area contributed by atoms with Crippen LogP contribution in [0.15, 0.2) is 12.7 Å². The quantitative estimate of drug-likeness (QED) is 0.429. The fourth-order valence-corrected chi connectivity index (χ4v) is 0.883. The molecule has 0 aromatic heterocycles. The summed E-state index contributed by atoms with van der Waals surface area (Å²) in [5, 5.41) is 0. The molecular weight excluding hydrogens is 124 g/mol. The monoisotopic (exact) mass is 142 g/mol. The molecule has 60 valence electrons. The lowest BCUT2D eigenvalue weighted by atomic mass is 10.1. The van der Waals surface area contributed by atoms with E-state index >= 15 is 0 Å². The number of rotatable bonds is 6. The molecular formula is C8H18N2. The maximum Gasteiger partial charge on any atom is 0.00733 e. The Morgan fingerprint density at radius 2 is 2.10 bits per heavy atom. The van der Waals surface area contributed by atoms with Gasteiger partial charge in [-0.25, -0.2) is 0 Å². The molecule has 0 saturated heterocycles. The number of hydrogen-bond donors (Lipinski definition) is 2. The molecule has 4 N–H and O–H groups in total. The van der Waals surface area contributed by atoms with Gasteiger partial charge >= 0.3 is 0 Å². The summed E-state index contributed by atoms with van der Waals surface area (Å²) >= 11 is 0. The van der Waals surface area contributed by atoms with E-state index in [2.05, 4.69) is 6.58 Å². The SMILES string of the molecule is C=CCC(N)CCCCN. The summed E-state index contributed by atoms with van der Waals surface area (Å²) in [5.41, 5.74) is 11.0. The molecule has 0 aromatic carbocycles. The molecule has 0 radical (unpaired) electrons. The molecule has 0 aliphatic rings. The van der Waals surface area contributed by atoms with Crippen LogP contribution in [0.2, 0.25) is 0 Å². The Morgan fingerprint density at radius 3 is 2.60 bits per heavy atom. The summed E-state index contributed by atoms with van der Waals surface area (Å²) in [6.07, 6.45) is 6.09. The third-order valence-corrected chi connectivity index (χ3v) is 1.50. The normalized spacial score (nSPS) is 13.0. The lowest BCUT2D eigenvalue weighted by molar-refractivity contribution is 0.572. The average Bonchev–Trinajstić information content (AvgIpc) is 1.89. The lowest BCUT2D eigenvalue weighted by Crippen LogP contribution is -2.18. The molecule has 10 heavy (non-hydrogen) atoms. The van der Waals surface area contributed by atoms with Crippen LogP contribution in [0.1, 0.15) is 25.7 Å². The Labute approximate surface area is 63.3 Å². The molecule has 1 unspecified atom stereocenters. The Bertz CT molecular complexity index is 81.3. The number of unbranched alkanes of at least 4 members (excludes halogenated alkanes) is 1. The van der Waals surface area contributed by atoms with Crippen molar-refractivity contribution in [2.45, 2.75) is 31.7 Å². The van der Waals surface area contributed by atoms with Crippen molar-refractivity contribution in [1.29, 1.82) is 0 Å². The van der Waals surface area contributed by atoms with Gasteiger partial charge in [0.1, 0.15) is 0 Å². The minimum absolute atomic E-state index is 0.295. The molecule has 0 saturated carbocycles. The van der Waals surface area contributed by atoms with Gasteiger partial charge in [-0.05, 0) is 25.8 Å². The van der Waals surface area contributed by atoms with Gasteiger partial charge < -0.3 is 11.5 Å². The van der Waals surface area contributed by atoms with E-state index in [0.29, 0.717) is 6.04 Å². The van der Waals surface area contributed by atoms with Crippen molar-refractivity contribution in [2.24, 2.45) is 11.5 Å². The van der Waals surface area contributed by atoms with Crippen LogP contribution in [-0.2, 0) is 0 Å². The zero-order chi connectivity index (χ0) is 7.82. The number of hydrogen-bond acceptors (Lipinski definition) is 2. The average molecular weight is 142 g/mol. The van der Waals surface area contributed by atoms with Crippen LogP contribution >= 0.6 is 0 Å². The third kappa shape index (κ3) is 5.79. The second-order valence-electron chi connectivity index (χ2n) is 2.57. The molecule has 0 spiro atoms. The van der Waals surface area contributed by atoms with Crippen molar-refractivity contribution in [2.75, 3.05) is 6.54 Å². The van der Waals surface area contributed by atoms with Gasteiger partial charge in [-0.15, -0.1) is 6.58 Å². The summed E-state index contributed by atoms with van der Waals surface area (Å²) in [7, 11) is 0. The van der Waals surface area contributed by atoms with Gasteiger partial charge in [0, 0.05) is 6.04 Å². The van der Waals surface area contributed by atoms with E-state index in [1.807, 2.05) is 6.08 Å². The Kier molecular flexibility index (Phi) is 6.55. The van der Waals surface area contributed by atoms with Gasteiger partial charge in [-0.2, -0.15) is 0 Å². The summed E-state index contributed by atoms with van der Waals surface area (Å²) in [6, 6.07) is 0.295. The van der Waals surface area contributed by atoms with Crippen LogP contribution < -0.4 is 11.5 Å². The molecule has 0 heterocycles. The molecule has 0 aliphatic carbocycles. The molecule has 0 rings (SSSR count). The van der Waals surface area contributed by atoms with Gasteiger partial charge in [0.15, 0.2) is 0 Å². The predicted octanol–water partition coefficient (Wildman–Crippen LogP) is 1.02. The Hall–Kier alpha value is -0.340.